The highest BCUT2D eigenvalue weighted by Crippen LogP contribution is 2.10. The van der Waals surface area contributed by atoms with Gasteiger partial charge in [0.15, 0.2) is 0 Å². The molecule has 1 amide bonds. The van der Waals surface area contributed by atoms with Gasteiger partial charge in [-0.2, -0.15) is 0 Å². The SMILES string of the molecule is CCC(C(=O)N(CC)C(C)C)C(N)=S. The highest BCUT2D eigenvalue weighted by molar-refractivity contribution is 7.80. The minimum absolute atomic E-state index is 0.0532. The summed E-state index contributed by atoms with van der Waals surface area (Å²) in [5.74, 6) is -0.246. The van der Waals surface area contributed by atoms with Crippen LogP contribution >= 0.6 is 12.2 Å². The second-order valence-corrected chi connectivity index (χ2v) is 4.05. The van der Waals surface area contributed by atoms with Crippen molar-refractivity contribution in [3.63, 3.8) is 0 Å². The van der Waals surface area contributed by atoms with Crippen molar-refractivity contribution in [3.8, 4) is 0 Å². The van der Waals surface area contributed by atoms with Gasteiger partial charge in [-0.3, -0.25) is 4.79 Å². The molecule has 0 fully saturated rings. The maximum atomic E-state index is 11.9. The molecule has 1 atom stereocenters. The molecule has 0 saturated carbocycles. The van der Waals surface area contributed by atoms with E-state index >= 15 is 0 Å². The molecule has 3 nitrogen and oxygen atoms in total. The largest absolute Gasteiger partial charge is 0.393 e. The van der Waals surface area contributed by atoms with Gasteiger partial charge in [0.05, 0.1) is 10.9 Å². The summed E-state index contributed by atoms with van der Waals surface area (Å²) in [5.41, 5.74) is 5.52. The second-order valence-electron chi connectivity index (χ2n) is 3.58. The van der Waals surface area contributed by atoms with Gasteiger partial charge in [0.25, 0.3) is 0 Å². The average Bonchev–Trinajstić information content (AvgIpc) is 2.04. The van der Waals surface area contributed by atoms with Crippen LogP contribution in [-0.4, -0.2) is 28.4 Å². The lowest BCUT2D eigenvalue weighted by Gasteiger charge is -2.28. The highest BCUT2D eigenvalue weighted by atomic mass is 32.1. The molecule has 1 unspecified atom stereocenters. The fraction of sp³-hybridized carbons (Fsp3) is 0.800. The Balaban J connectivity index is 4.62. The Hall–Kier alpha value is -0.640. The summed E-state index contributed by atoms with van der Waals surface area (Å²) < 4.78 is 0. The number of hydrogen-bond donors (Lipinski definition) is 1. The zero-order valence-corrected chi connectivity index (χ0v) is 10.2. The molecular formula is C10H20N2OS. The molecule has 0 aromatic rings. The van der Waals surface area contributed by atoms with Crippen LogP contribution in [0.2, 0.25) is 0 Å². The molecule has 0 bridgehead atoms. The van der Waals surface area contributed by atoms with E-state index < -0.39 is 0 Å². The molecule has 4 heteroatoms. The third-order valence-electron chi connectivity index (χ3n) is 2.30. The quantitative estimate of drug-likeness (QED) is 0.709. The van der Waals surface area contributed by atoms with Crippen LogP contribution in [0.5, 0.6) is 0 Å². The zero-order chi connectivity index (χ0) is 11.3. The molecule has 0 aliphatic carbocycles. The molecule has 0 aromatic carbocycles. The predicted molar refractivity (Wildman–Crippen MR) is 63.1 cm³/mol. The standard InChI is InChI=1S/C10H20N2OS/c1-5-8(9(11)14)10(13)12(6-2)7(3)4/h7-8H,5-6H2,1-4H3,(H2,11,14). The lowest BCUT2D eigenvalue weighted by Crippen LogP contribution is -2.44. The van der Waals surface area contributed by atoms with Crippen LogP contribution in [0.4, 0.5) is 0 Å². The molecule has 0 saturated heterocycles. The number of nitrogens with zero attached hydrogens (tertiary/aromatic N) is 1. The zero-order valence-electron chi connectivity index (χ0n) is 9.41. The van der Waals surface area contributed by atoms with Gasteiger partial charge in [-0.25, -0.2) is 0 Å². The first-order valence-corrected chi connectivity index (χ1v) is 5.46. The van der Waals surface area contributed by atoms with E-state index in [-0.39, 0.29) is 17.9 Å². The summed E-state index contributed by atoms with van der Waals surface area (Å²) in [6, 6.07) is 0.205. The van der Waals surface area contributed by atoms with Gasteiger partial charge in [0, 0.05) is 12.6 Å². The Morgan fingerprint density at radius 1 is 1.43 bits per heavy atom. The molecule has 0 spiro atoms. The first-order valence-electron chi connectivity index (χ1n) is 5.05. The first kappa shape index (κ1) is 13.4. The van der Waals surface area contributed by atoms with Crippen LogP contribution in [0, 0.1) is 5.92 Å². The summed E-state index contributed by atoms with van der Waals surface area (Å²) in [6.45, 7) is 8.58. The van der Waals surface area contributed by atoms with Crippen LogP contribution in [0.15, 0.2) is 0 Å². The van der Waals surface area contributed by atoms with E-state index in [1.165, 1.54) is 0 Å². The minimum Gasteiger partial charge on any atom is -0.393 e. The summed E-state index contributed by atoms with van der Waals surface area (Å²) in [7, 11) is 0. The van der Waals surface area contributed by atoms with Crippen LogP contribution < -0.4 is 5.73 Å². The number of thiocarbonyl (C=S) groups is 1. The van der Waals surface area contributed by atoms with Crippen molar-refractivity contribution in [1.82, 2.24) is 4.90 Å². The maximum Gasteiger partial charge on any atom is 0.232 e. The van der Waals surface area contributed by atoms with E-state index in [2.05, 4.69) is 0 Å². The van der Waals surface area contributed by atoms with E-state index in [9.17, 15) is 4.79 Å². The van der Waals surface area contributed by atoms with Crippen molar-refractivity contribution >= 4 is 23.1 Å². The molecule has 0 rings (SSSR count). The van der Waals surface area contributed by atoms with Gasteiger partial charge >= 0.3 is 0 Å². The lowest BCUT2D eigenvalue weighted by atomic mass is 10.0. The maximum absolute atomic E-state index is 11.9. The molecule has 0 aliphatic rings. The summed E-state index contributed by atoms with van der Waals surface area (Å²) >= 11 is 4.88. The Morgan fingerprint density at radius 3 is 2.14 bits per heavy atom. The molecule has 0 aliphatic heterocycles. The number of rotatable bonds is 5. The van der Waals surface area contributed by atoms with Crippen LogP contribution in [0.25, 0.3) is 0 Å². The van der Waals surface area contributed by atoms with Crippen molar-refractivity contribution in [2.24, 2.45) is 11.7 Å². The third-order valence-corrected chi connectivity index (χ3v) is 2.58. The highest BCUT2D eigenvalue weighted by Gasteiger charge is 2.25. The van der Waals surface area contributed by atoms with Gasteiger partial charge in [0.1, 0.15) is 0 Å². The molecule has 0 aromatic heterocycles. The number of hydrogen-bond acceptors (Lipinski definition) is 2. The first-order chi connectivity index (χ1) is 6.45. The van der Waals surface area contributed by atoms with Crippen LogP contribution in [0.1, 0.15) is 34.1 Å². The molecule has 14 heavy (non-hydrogen) atoms. The van der Waals surface area contributed by atoms with E-state index in [0.29, 0.717) is 18.0 Å². The molecule has 82 valence electrons. The Bertz CT molecular complexity index is 216. The Kier molecular flexibility index (Phi) is 5.69. The minimum atomic E-state index is -0.299. The van der Waals surface area contributed by atoms with Gasteiger partial charge < -0.3 is 10.6 Å². The van der Waals surface area contributed by atoms with Crippen LogP contribution in [0.3, 0.4) is 0 Å². The van der Waals surface area contributed by atoms with Gasteiger partial charge in [0.2, 0.25) is 5.91 Å². The summed E-state index contributed by atoms with van der Waals surface area (Å²) in [6.07, 6.45) is 0.678. The molecule has 0 radical (unpaired) electrons. The van der Waals surface area contributed by atoms with E-state index in [4.69, 9.17) is 18.0 Å². The van der Waals surface area contributed by atoms with Crippen molar-refractivity contribution in [1.29, 1.82) is 0 Å². The van der Waals surface area contributed by atoms with Gasteiger partial charge in [-0.1, -0.05) is 19.1 Å². The van der Waals surface area contributed by atoms with Gasteiger partial charge in [-0.15, -0.1) is 0 Å². The van der Waals surface area contributed by atoms with Crippen molar-refractivity contribution < 1.29 is 4.79 Å². The Morgan fingerprint density at radius 2 is 1.93 bits per heavy atom. The Labute approximate surface area is 91.6 Å². The van der Waals surface area contributed by atoms with Gasteiger partial charge in [-0.05, 0) is 27.2 Å². The van der Waals surface area contributed by atoms with Crippen molar-refractivity contribution in [2.75, 3.05) is 6.54 Å². The summed E-state index contributed by atoms with van der Waals surface area (Å²) in [4.78, 5) is 14.0. The molecular weight excluding hydrogens is 196 g/mol. The average molecular weight is 216 g/mol. The molecule has 0 heterocycles. The fourth-order valence-corrected chi connectivity index (χ4v) is 1.74. The number of nitrogens with two attached hydrogens (primary N) is 1. The smallest absolute Gasteiger partial charge is 0.232 e. The van der Waals surface area contributed by atoms with E-state index in [1.54, 1.807) is 4.90 Å². The normalized spacial score (nSPS) is 12.6. The van der Waals surface area contributed by atoms with Crippen molar-refractivity contribution in [3.05, 3.63) is 0 Å². The monoisotopic (exact) mass is 216 g/mol. The number of amides is 1. The van der Waals surface area contributed by atoms with E-state index in [0.717, 1.165) is 0 Å². The van der Waals surface area contributed by atoms with Crippen LogP contribution in [-0.2, 0) is 4.79 Å². The summed E-state index contributed by atoms with van der Waals surface area (Å²) in [5, 5.41) is 0. The van der Waals surface area contributed by atoms with Crippen molar-refractivity contribution in [2.45, 2.75) is 40.2 Å². The lowest BCUT2D eigenvalue weighted by molar-refractivity contribution is -0.134. The predicted octanol–water partition coefficient (Wildman–Crippen LogP) is 1.56. The fourth-order valence-electron chi connectivity index (χ4n) is 1.47. The molecule has 2 N–H and O–H groups in total. The number of carbonyl (C=O) groups excluding carboxylic acids is 1. The second kappa shape index (κ2) is 5.96. The third kappa shape index (κ3) is 3.25. The topological polar surface area (TPSA) is 46.3 Å². The van der Waals surface area contributed by atoms with E-state index in [1.807, 2.05) is 27.7 Å². The number of carbonyl (C=O) groups is 1.